The fourth-order valence-electron chi connectivity index (χ4n) is 3.52. The quantitative estimate of drug-likeness (QED) is 0.847. The molecule has 1 aliphatic heterocycles. The van der Waals surface area contributed by atoms with Crippen molar-refractivity contribution in [1.82, 2.24) is 0 Å². The van der Waals surface area contributed by atoms with Crippen LogP contribution in [0.4, 0.5) is 5.69 Å². The molecule has 4 heteroatoms. The fourth-order valence-corrected chi connectivity index (χ4v) is 3.52. The Morgan fingerprint density at radius 2 is 1.76 bits per heavy atom. The van der Waals surface area contributed by atoms with E-state index < -0.39 is 0 Å². The van der Waals surface area contributed by atoms with E-state index >= 15 is 0 Å². The van der Waals surface area contributed by atoms with E-state index in [-0.39, 0.29) is 5.91 Å². The Labute approximate surface area is 149 Å². The predicted molar refractivity (Wildman–Crippen MR) is 100 cm³/mol. The zero-order chi connectivity index (χ0) is 17.5. The summed E-state index contributed by atoms with van der Waals surface area (Å²) in [6.07, 6.45) is 3.55. The number of rotatable bonds is 6. The third kappa shape index (κ3) is 5.33. The zero-order valence-corrected chi connectivity index (χ0v) is 14.8. The first-order chi connectivity index (χ1) is 12.2. The molecule has 2 aromatic carbocycles. The van der Waals surface area contributed by atoms with E-state index in [1.54, 1.807) is 7.11 Å². The van der Waals surface area contributed by atoms with E-state index in [9.17, 15) is 4.79 Å². The Morgan fingerprint density at radius 3 is 2.40 bits per heavy atom. The number of nitrogens with one attached hydrogen (secondary N) is 2. The molecule has 1 saturated heterocycles. The lowest BCUT2D eigenvalue weighted by Gasteiger charge is -2.29. The summed E-state index contributed by atoms with van der Waals surface area (Å²) in [6, 6.07) is 18.2. The van der Waals surface area contributed by atoms with Crippen molar-refractivity contribution in [3.63, 3.8) is 0 Å². The van der Waals surface area contributed by atoms with Crippen LogP contribution in [0.2, 0.25) is 0 Å². The van der Waals surface area contributed by atoms with Crippen molar-refractivity contribution in [2.24, 2.45) is 5.92 Å². The molecule has 0 unspecified atom stereocenters. The smallest absolute Gasteiger partial charge is 0.279 e. The number of piperidine rings is 1. The number of benzene rings is 2. The van der Waals surface area contributed by atoms with Crippen LogP contribution >= 0.6 is 0 Å². The molecule has 4 nitrogen and oxygen atoms in total. The molecule has 1 aliphatic rings. The van der Waals surface area contributed by atoms with Crippen molar-refractivity contribution < 1.29 is 14.4 Å². The Hall–Kier alpha value is -2.33. The molecule has 0 atom stereocenters. The van der Waals surface area contributed by atoms with Crippen molar-refractivity contribution in [3.8, 4) is 5.75 Å². The SMILES string of the molecule is COc1ccc(NC(=O)C[NH+]2CCC(Cc3ccccc3)CC2)cc1. The fraction of sp³-hybridized carbons (Fsp3) is 0.381. The lowest BCUT2D eigenvalue weighted by Crippen LogP contribution is -3.14. The van der Waals surface area contributed by atoms with Gasteiger partial charge in [-0.25, -0.2) is 0 Å². The topological polar surface area (TPSA) is 42.8 Å². The van der Waals surface area contributed by atoms with Crippen molar-refractivity contribution in [1.29, 1.82) is 0 Å². The maximum absolute atomic E-state index is 12.2. The highest BCUT2D eigenvalue weighted by molar-refractivity contribution is 5.91. The van der Waals surface area contributed by atoms with Crippen LogP contribution in [0, 0.1) is 5.92 Å². The number of carbonyl (C=O) groups excluding carboxylic acids is 1. The monoisotopic (exact) mass is 339 g/mol. The van der Waals surface area contributed by atoms with Gasteiger partial charge in [0, 0.05) is 5.69 Å². The number of hydrogen-bond acceptors (Lipinski definition) is 2. The van der Waals surface area contributed by atoms with Crippen molar-refractivity contribution in [2.75, 3.05) is 32.1 Å². The molecule has 25 heavy (non-hydrogen) atoms. The number of carbonyl (C=O) groups is 1. The molecule has 0 bridgehead atoms. The summed E-state index contributed by atoms with van der Waals surface area (Å²) < 4.78 is 5.13. The van der Waals surface area contributed by atoms with Gasteiger partial charge in [0.2, 0.25) is 0 Å². The third-order valence-corrected chi connectivity index (χ3v) is 4.96. The lowest BCUT2D eigenvalue weighted by molar-refractivity contribution is -0.898. The minimum absolute atomic E-state index is 0.0849. The summed E-state index contributed by atoms with van der Waals surface area (Å²) in [5, 5.41) is 2.98. The summed E-state index contributed by atoms with van der Waals surface area (Å²) in [7, 11) is 1.64. The Bertz CT molecular complexity index is 662. The van der Waals surface area contributed by atoms with E-state index in [0.717, 1.165) is 36.9 Å². The molecule has 0 radical (unpaired) electrons. The number of ether oxygens (including phenoxy) is 1. The maximum Gasteiger partial charge on any atom is 0.279 e. The number of anilines is 1. The second-order valence-corrected chi connectivity index (χ2v) is 6.84. The number of hydrogen-bond donors (Lipinski definition) is 2. The van der Waals surface area contributed by atoms with E-state index in [4.69, 9.17) is 4.74 Å². The first-order valence-electron chi connectivity index (χ1n) is 9.04. The van der Waals surface area contributed by atoms with Gasteiger partial charge in [-0.2, -0.15) is 0 Å². The van der Waals surface area contributed by atoms with Crippen molar-refractivity contribution in [2.45, 2.75) is 19.3 Å². The van der Waals surface area contributed by atoms with Gasteiger partial charge < -0.3 is 15.0 Å². The van der Waals surface area contributed by atoms with Gasteiger partial charge in [-0.15, -0.1) is 0 Å². The van der Waals surface area contributed by atoms with E-state index in [1.807, 2.05) is 24.3 Å². The normalized spacial score (nSPS) is 20.0. The molecule has 3 rings (SSSR count). The van der Waals surface area contributed by atoms with Crippen LogP contribution in [-0.2, 0) is 11.2 Å². The van der Waals surface area contributed by atoms with Crippen LogP contribution in [-0.4, -0.2) is 32.7 Å². The largest absolute Gasteiger partial charge is 0.497 e. The van der Waals surface area contributed by atoms with E-state index in [2.05, 4.69) is 35.6 Å². The summed E-state index contributed by atoms with van der Waals surface area (Å²) in [5.41, 5.74) is 2.25. The van der Waals surface area contributed by atoms with Crippen LogP contribution in [0.5, 0.6) is 5.75 Å². The van der Waals surface area contributed by atoms with Crippen LogP contribution in [0.15, 0.2) is 54.6 Å². The van der Waals surface area contributed by atoms with Crippen LogP contribution in [0.25, 0.3) is 0 Å². The van der Waals surface area contributed by atoms with Crippen LogP contribution in [0.1, 0.15) is 18.4 Å². The van der Waals surface area contributed by atoms with Crippen molar-refractivity contribution in [3.05, 3.63) is 60.2 Å². The highest BCUT2D eigenvalue weighted by atomic mass is 16.5. The highest BCUT2D eigenvalue weighted by Crippen LogP contribution is 2.17. The first-order valence-corrected chi connectivity index (χ1v) is 9.04. The minimum atomic E-state index is 0.0849. The van der Waals surface area contributed by atoms with Gasteiger partial charge in [-0.1, -0.05) is 30.3 Å². The standard InChI is InChI=1S/C21H26N2O2/c1-25-20-9-7-19(8-10-20)22-21(24)16-23-13-11-18(12-14-23)15-17-5-3-2-4-6-17/h2-10,18H,11-16H2,1H3,(H,22,24)/p+1. The molecule has 1 heterocycles. The number of quaternary nitrogens is 1. The van der Waals surface area contributed by atoms with Crippen LogP contribution in [0.3, 0.4) is 0 Å². The average molecular weight is 339 g/mol. The number of likely N-dealkylation sites (tertiary alicyclic amines) is 1. The second-order valence-electron chi connectivity index (χ2n) is 6.84. The maximum atomic E-state index is 12.2. The molecular formula is C21H27N2O2+. The van der Waals surface area contributed by atoms with Crippen LogP contribution < -0.4 is 15.0 Å². The Morgan fingerprint density at radius 1 is 1.08 bits per heavy atom. The molecule has 0 aromatic heterocycles. The predicted octanol–water partition coefficient (Wildman–Crippen LogP) is 2.17. The molecule has 0 spiro atoms. The van der Waals surface area contributed by atoms with Gasteiger partial charge in [-0.3, -0.25) is 4.79 Å². The lowest BCUT2D eigenvalue weighted by atomic mass is 9.90. The van der Waals surface area contributed by atoms with Gasteiger partial charge >= 0.3 is 0 Å². The Kier molecular flexibility index (Phi) is 6.07. The molecule has 0 aliphatic carbocycles. The van der Waals surface area contributed by atoms with Gasteiger partial charge in [0.25, 0.3) is 5.91 Å². The van der Waals surface area contributed by atoms with E-state index in [0.29, 0.717) is 6.54 Å². The van der Waals surface area contributed by atoms with Gasteiger partial charge in [0.1, 0.15) is 5.75 Å². The summed E-state index contributed by atoms with van der Waals surface area (Å²) in [6.45, 7) is 2.70. The molecule has 0 saturated carbocycles. The van der Waals surface area contributed by atoms with Gasteiger partial charge in [0.15, 0.2) is 6.54 Å². The molecule has 1 amide bonds. The summed E-state index contributed by atoms with van der Waals surface area (Å²) >= 11 is 0. The highest BCUT2D eigenvalue weighted by Gasteiger charge is 2.24. The van der Waals surface area contributed by atoms with Gasteiger partial charge in [-0.05, 0) is 55.0 Å². The number of amides is 1. The molecule has 2 aromatic rings. The van der Waals surface area contributed by atoms with Crippen molar-refractivity contribution >= 4 is 11.6 Å². The summed E-state index contributed by atoms with van der Waals surface area (Å²) in [5.74, 6) is 1.63. The third-order valence-electron chi connectivity index (χ3n) is 4.96. The molecule has 132 valence electrons. The molecule has 1 fully saturated rings. The number of methoxy groups -OCH3 is 1. The minimum Gasteiger partial charge on any atom is -0.497 e. The first kappa shape index (κ1) is 17.5. The second kappa shape index (κ2) is 8.67. The van der Waals surface area contributed by atoms with E-state index in [1.165, 1.54) is 23.3 Å². The Balaban J connectivity index is 1.41. The van der Waals surface area contributed by atoms with Gasteiger partial charge in [0.05, 0.1) is 20.2 Å². The average Bonchev–Trinajstić information content (AvgIpc) is 2.65. The summed E-state index contributed by atoms with van der Waals surface area (Å²) in [4.78, 5) is 13.6. The molecule has 2 N–H and O–H groups in total. The molecular weight excluding hydrogens is 312 g/mol. The zero-order valence-electron chi connectivity index (χ0n) is 14.8.